The third-order valence-corrected chi connectivity index (χ3v) is 4.00. The number of nitrogens with one attached hydrogen (secondary N) is 1. The third-order valence-electron chi connectivity index (χ3n) is 4.00. The van der Waals surface area contributed by atoms with Gasteiger partial charge in [0.25, 0.3) is 0 Å². The number of oxazole rings is 1. The average Bonchev–Trinajstić information content (AvgIpc) is 3.03. The van der Waals surface area contributed by atoms with E-state index in [-0.39, 0.29) is 11.8 Å². The van der Waals surface area contributed by atoms with Gasteiger partial charge in [-0.05, 0) is 12.8 Å². The Balaban J connectivity index is 1.56. The van der Waals surface area contributed by atoms with Crippen LogP contribution < -0.4 is 5.32 Å². The molecule has 0 spiro atoms. The van der Waals surface area contributed by atoms with Gasteiger partial charge in [-0.3, -0.25) is 4.79 Å². The standard InChI is InChI=1S/C17H20N2O2/c20-17(14-9-5-2-6-10-14)19-12-16-18-11-15(21-16)13-7-3-1-4-8-13/h1,3-4,7-8,11,14H,2,5-6,9-10,12H2,(H,19,20). The second-order valence-electron chi connectivity index (χ2n) is 5.54. The number of aromatic nitrogens is 1. The minimum Gasteiger partial charge on any atom is -0.439 e. The number of nitrogens with zero attached hydrogens (tertiary/aromatic N) is 1. The van der Waals surface area contributed by atoms with Crippen molar-refractivity contribution in [1.82, 2.24) is 10.3 Å². The number of carbonyl (C=O) groups is 1. The maximum Gasteiger partial charge on any atom is 0.223 e. The smallest absolute Gasteiger partial charge is 0.223 e. The summed E-state index contributed by atoms with van der Waals surface area (Å²) in [5.41, 5.74) is 0.995. The fraction of sp³-hybridized carbons (Fsp3) is 0.412. The van der Waals surface area contributed by atoms with E-state index in [4.69, 9.17) is 4.42 Å². The van der Waals surface area contributed by atoms with Gasteiger partial charge in [0.05, 0.1) is 12.7 Å². The topological polar surface area (TPSA) is 55.1 Å². The van der Waals surface area contributed by atoms with E-state index in [1.54, 1.807) is 6.20 Å². The number of amides is 1. The first-order chi connectivity index (χ1) is 10.3. The largest absolute Gasteiger partial charge is 0.439 e. The lowest BCUT2D eigenvalue weighted by Crippen LogP contribution is -2.31. The average molecular weight is 284 g/mol. The first-order valence-corrected chi connectivity index (χ1v) is 7.61. The first-order valence-electron chi connectivity index (χ1n) is 7.61. The van der Waals surface area contributed by atoms with Crippen molar-refractivity contribution in [2.45, 2.75) is 38.6 Å². The number of rotatable bonds is 4. The Hall–Kier alpha value is -2.10. The van der Waals surface area contributed by atoms with Crippen LogP contribution in [0.2, 0.25) is 0 Å². The summed E-state index contributed by atoms with van der Waals surface area (Å²) in [4.78, 5) is 16.3. The van der Waals surface area contributed by atoms with Gasteiger partial charge < -0.3 is 9.73 Å². The molecule has 1 aliphatic rings. The summed E-state index contributed by atoms with van der Waals surface area (Å²) in [6.07, 6.45) is 7.30. The number of hydrogen-bond donors (Lipinski definition) is 1. The molecular weight excluding hydrogens is 264 g/mol. The van der Waals surface area contributed by atoms with Crippen LogP contribution in [0, 0.1) is 5.92 Å². The summed E-state index contributed by atoms with van der Waals surface area (Å²) in [6.45, 7) is 0.363. The molecule has 4 heteroatoms. The second kappa shape index (κ2) is 6.57. The predicted octanol–water partition coefficient (Wildman–Crippen LogP) is 3.54. The summed E-state index contributed by atoms with van der Waals surface area (Å²) in [6, 6.07) is 9.84. The maximum absolute atomic E-state index is 12.1. The van der Waals surface area contributed by atoms with Crippen molar-refractivity contribution >= 4 is 5.91 Å². The highest BCUT2D eigenvalue weighted by atomic mass is 16.4. The highest BCUT2D eigenvalue weighted by Gasteiger charge is 2.21. The molecule has 1 aliphatic carbocycles. The number of benzene rings is 1. The van der Waals surface area contributed by atoms with Gasteiger partial charge in [0.2, 0.25) is 11.8 Å². The van der Waals surface area contributed by atoms with Crippen molar-refractivity contribution in [2.24, 2.45) is 5.92 Å². The lowest BCUT2D eigenvalue weighted by molar-refractivity contribution is -0.126. The SMILES string of the molecule is O=C(NCc1ncc(-c2ccccc2)o1)C1CCCCC1. The zero-order valence-electron chi connectivity index (χ0n) is 12.0. The van der Waals surface area contributed by atoms with Crippen LogP contribution in [0.4, 0.5) is 0 Å². The summed E-state index contributed by atoms with van der Waals surface area (Å²) >= 11 is 0. The molecule has 1 heterocycles. The van der Waals surface area contributed by atoms with Crippen LogP contribution in [0.25, 0.3) is 11.3 Å². The monoisotopic (exact) mass is 284 g/mol. The Kier molecular flexibility index (Phi) is 4.34. The summed E-state index contributed by atoms with van der Waals surface area (Å²) < 4.78 is 5.68. The zero-order chi connectivity index (χ0) is 14.5. The Labute approximate surface area is 124 Å². The van der Waals surface area contributed by atoms with E-state index >= 15 is 0 Å². The lowest BCUT2D eigenvalue weighted by Gasteiger charge is -2.20. The van der Waals surface area contributed by atoms with Crippen LogP contribution in [-0.4, -0.2) is 10.9 Å². The molecule has 0 aliphatic heterocycles. The molecule has 0 radical (unpaired) electrons. The van der Waals surface area contributed by atoms with Gasteiger partial charge in [0, 0.05) is 11.5 Å². The van der Waals surface area contributed by atoms with Crippen molar-refractivity contribution in [3.05, 3.63) is 42.4 Å². The van der Waals surface area contributed by atoms with Crippen LogP contribution in [0.1, 0.15) is 38.0 Å². The van der Waals surface area contributed by atoms with Crippen molar-refractivity contribution < 1.29 is 9.21 Å². The molecule has 21 heavy (non-hydrogen) atoms. The van der Waals surface area contributed by atoms with E-state index in [1.165, 1.54) is 6.42 Å². The minimum absolute atomic E-state index is 0.133. The summed E-state index contributed by atoms with van der Waals surface area (Å²) in [7, 11) is 0. The quantitative estimate of drug-likeness (QED) is 0.934. The van der Waals surface area contributed by atoms with Gasteiger partial charge in [0.1, 0.15) is 0 Å². The fourth-order valence-corrected chi connectivity index (χ4v) is 2.80. The van der Waals surface area contributed by atoms with E-state index in [1.807, 2.05) is 30.3 Å². The third kappa shape index (κ3) is 3.51. The molecule has 1 aromatic heterocycles. The van der Waals surface area contributed by atoms with Crippen LogP contribution in [0.15, 0.2) is 40.9 Å². The second-order valence-corrected chi connectivity index (χ2v) is 5.54. The lowest BCUT2D eigenvalue weighted by atomic mass is 9.89. The van der Waals surface area contributed by atoms with Crippen molar-refractivity contribution in [3.63, 3.8) is 0 Å². The van der Waals surface area contributed by atoms with Gasteiger partial charge in [-0.1, -0.05) is 49.6 Å². The molecule has 1 N–H and O–H groups in total. The molecule has 1 saturated carbocycles. The van der Waals surface area contributed by atoms with Crippen LogP contribution >= 0.6 is 0 Å². The van der Waals surface area contributed by atoms with Gasteiger partial charge in [0.15, 0.2) is 5.76 Å². The van der Waals surface area contributed by atoms with Crippen molar-refractivity contribution in [1.29, 1.82) is 0 Å². The van der Waals surface area contributed by atoms with Gasteiger partial charge >= 0.3 is 0 Å². The molecular formula is C17H20N2O2. The number of carbonyl (C=O) groups excluding carboxylic acids is 1. The molecule has 0 atom stereocenters. The molecule has 1 amide bonds. The van der Waals surface area contributed by atoms with E-state index in [9.17, 15) is 4.79 Å². The van der Waals surface area contributed by atoms with Gasteiger partial charge in [-0.15, -0.1) is 0 Å². The first kappa shape index (κ1) is 13.9. The van der Waals surface area contributed by atoms with Crippen molar-refractivity contribution in [2.75, 3.05) is 0 Å². The molecule has 4 nitrogen and oxygen atoms in total. The van der Waals surface area contributed by atoms with Crippen LogP contribution in [0.3, 0.4) is 0 Å². The van der Waals surface area contributed by atoms with Crippen LogP contribution in [-0.2, 0) is 11.3 Å². The maximum atomic E-state index is 12.1. The van der Waals surface area contributed by atoms with E-state index in [2.05, 4.69) is 10.3 Å². The normalized spacial score (nSPS) is 15.8. The molecule has 1 fully saturated rings. The Morgan fingerprint density at radius 3 is 2.71 bits per heavy atom. The van der Waals surface area contributed by atoms with E-state index < -0.39 is 0 Å². The molecule has 0 bridgehead atoms. The molecule has 0 saturated heterocycles. The molecule has 110 valence electrons. The Morgan fingerprint density at radius 1 is 1.19 bits per heavy atom. The Bertz CT molecular complexity index is 586. The minimum atomic E-state index is 0.133. The van der Waals surface area contributed by atoms with Gasteiger partial charge in [-0.2, -0.15) is 0 Å². The highest BCUT2D eigenvalue weighted by Crippen LogP contribution is 2.24. The summed E-state index contributed by atoms with van der Waals surface area (Å²) in [5, 5.41) is 2.94. The van der Waals surface area contributed by atoms with E-state index in [0.29, 0.717) is 12.4 Å². The molecule has 0 unspecified atom stereocenters. The molecule has 3 rings (SSSR count). The number of hydrogen-bond acceptors (Lipinski definition) is 3. The Morgan fingerprint density at radius 2 is 1.95 bits per heavy atom. The zero-order valence-corrected chi connectivity index (χ0v) is 12.0. The highest BCUT2D eigenvalue weighted by molar-refractivity contribution is 5.78. The van der Waals surface area contributed by atoms with E-state index in [0.717, 1.165) is 37.0 Å². The van der Waals surface area contributed by atoms with Crippen LogP contribution in [0.5, 0.6) is 0 Å². The molecule has 2 aromatic rings. The van der Waals surface area contributed by atoms with Gasteiger partial charge in [-0.25, -0.2) is 4.98 Å². The fourth-order valence-electron chi connectivity index (χ4n) is 2.80. The predicted molar refractivity (Wildman–Crippen MR) is 80.4 cm³/mol. The summed E-state index contributed by atoms with van der Waals surface area (Å²) in [5.74, 6) is 1.59. The van der Waals surface area contributed by atoms with Crippen molar-refractivity contribution in [3.8, 4) is 11.3 Å². The molecule has 1 aromatic carbocycles.